The summed E-state index contributed by atoms with van der Waals surface area (Å²) in [4.78, 5) is 15.5. The molecule has 0 saturated carbocycles. The molecule has 0 N–H and O–H groups in total. The molecule has 0 rings (SSSR count). The minimum atomic E-state index is 0.208. The van der Waals surface area contributed by atoms with E-state index >= 15 is 0 Å². The fourth-order valence-electron chi connectivity index (χ4n) is 3.92. The Labute approximate surface area is 165 Å². The molecule has 0 fully saturated rings. The van der Waals surface area contributed by atoms with Gasteiger partial charge in [0.15, 0.2) is 0 Å². The summed E-state index contributed by atoms with van der Waals surface area (Å²) in [5, 5.41) is 0. The fraction of sp³-hybridized carbons (Fsp3) is 0.958. The first-order valence-corrected chi connectivity index (χ1v) is 11.6. The Hall–Kier alpha value is -0.530. The highest BCUT2D eigenvalue weighted by molar-refractivity contribution is 5.76. The standard InChI is InChI=1S/C24H49NO/c1-9-15-17-19-25(22(26)18-16-10-2)21(24(8,13-5)14-6)20-23(7,11-3)12-4/h21H,9-20H2,1-8H3. The number of hydrogen-bond donors (Lipinski definition) is 0. The zero-order valence-corrected chi connectivity index (χ0v) is 19.4. The number of rotatable bonds is 15. The van der Waals surface area contributed by atoms with Gasteiger partial charge in [-0.1, -0.05) is 87.5 Å². The van der Waals surface area contributed by atoms with Gasteiger partial charge in [-0.15, -0.1) is 0 Å². The van der Waals surface area contributed by atoms with Crippen LogP contribution in [0.4, 0.5) is 0 Å². The van der Waals surface area contributed by atoms with Gasteiger partial charge in [0.05, 0.1) is 0 Å². The van der Waals surface area contributed by atoms with Crippen LogP contribution in [0.25, 0.3) is 0 Å². The molecule has 2 heteroatoms. The normalized spacial score (nSPS) is 13.7. The van der Waals surface area contributed by atoms with E-state index in [1.807, 2.05) is 0 Å². The van der Waals surface area contributed by atoms with E-state index in [9.17, 15) is 4.79 Å². The van der Waals surface area contributed by atoms with E-state index in [1.54, 1.807) is 0 Å². The summed E-state index contributed by atoms with van der Waals surface area (Å²) in [6, 6.07) is 0.364. The van der Waals surface area contributed by atoms with Crippen LogP contribution in [0.3, 0.4) is 0 Å². The van der Waals surface area contributed by atoms with Gasteiger partial charge in [-0.2, -0.15) is 0 Å². The quantitative estimate of drug-likeness (QED) is 0.273. The molecule has 2 nitrogen and oxygen atoms in total. The van der Waals surface area contributed by atoms with Crippen molar-refractivity contribution in [3.05, 3.63) is 0 Å². The zero-order valence-electron chi connectivity index (χ0n) is 19.4. The van der Waals surface area contributed by atoms with Crippen molar-refractivity contribution >= 4 is 5.91 Å². The topological polar surface area (TPSA) is 20.3 Å². The van der Waals surface area contributed by atoms with Gasteiger partial charge in [0.2, 0.25) is 5.91 Å². The van der Waals surface area contributed by atoms with E-state index in [4.69, 9.17) is 0 Å². The van der Waals surface area contributed by atoms with Crippen molar-refractivity contribution in [1.82, 2.24) is 4.90 Å². The summed E-state index contributed by atoms with van der Waals surface area (Å²) in [6.45, 7) is 19.5. The number of carbonyl (C=O) groups excluding carboxylic acids is 1. The predicted octanol–water partition coefficient (Wildman–Crippen LogP) is 7.61. The maximum Gasteiger partial charge on any atom is 0.222 e. The Morgan fingerprint density at radius 3 is 1.77 bits per heavy atom. The summed E-state index contributed by atoms with van der Waals surface area (Å²) < 4.78 is 0. The van der Waals surface area contributed by atoms with Crippen molar-refractivity contribution in [1.29, 1.82) is 0 Å². The molecule has 0 aromatic heterocycles. The lowest BCUT2D eigenvalue weighted by Gasteiger charge is -2.47. The first-order valence-electron chi connectivity index (χ1n) is 11.6. The summed E-state index contributed by atoms with van der Waals surface area (Å²) in [5.41, 5.74) is 0.532. The molecule has 0 spiro atoms. The number of hydrogen-bond acceptors (Lipinski definition) is 1. The van der Waals surface area contributed by atoms with Crippen LogP contribution in [0.2, 0.25) is 0 Å². The molecule has 0 aromatic rings. The molecule has 0 heterocycles. The van der Waals surface area contributed by atoms with Gasteiger partial charge in [-0.25, -0.2) is 0 Å². The van der Waals surface area contributed by atoms with Crippen LogP contribution >= 0.6 is 0 Å². The number of carbonyl (C=O) groups is 1. The van der Waals surface area contributed by atoms with E-state index in [0.717, 1.165) is 51.5 Å². The lowest BCUT2D eigenvalue weighted by atomic mass is 9.68. The molecule has 0 aromatic carbocycles. The van der Waals surface area contributed by atoms with E-state index < -0.39 is 0 Å². The third-order valence-electron chi connectivity index (χ3n) is 7.26. The van der Waals surface area contributed by atoms with Crippen LogP contribution in [0, 0.1) is 10.8 Å². The molecule has 0 bridgehead atoms. The number of unbranched alkanes of at least 4 members (excludes halogenated alkanes) is 3. The molecular formula is C24H49NO. The van der Waals surface area contributed by atoms with E-state index in [1.165, 1.54) is 25.7 Å². The van der Waals surface area contributed by atoms with Crippen LogP contribution in [0.1, 0.15) is 126 Å². The second kappa shape index (κ2) is 12.8. The third kappa shape index (κ3) is 7.61. The Balaban J connectivity index is 5.76. The van der Waals surface area contributed by atoms with Crippen molar-refractivity contribution in [3.8, 4) is 0 Å². The van der Waals surface area contributed by atoms with Gasteiger partial charge < -0.3 is 4.90 Å². The SMILES string of the molecule is CCCCCN(C(=O)CCCC)C(CC(C)(CC)CC)C(C)(CC)CC. The molecule has 0 aliphatic rings. The summed E-state index contributed by atoms with van der Waals surface area (Å²) >= 11 is 0. The highest BCUT2D eigenvalue weighted by Gasteiger charge is 2.40. The summed E-state index contributed by atoms with van der Waals surface area (Å²) in [5.74, 6) is 0.399. The lowest BCUT2D eigenvalue weighted by molar-refractivity contribution is -0.138. The van der Waals surface area contributed by atoms with Crippen molar-refractivity contribution in [2.24, 2.45) is 10.8 Å². The predicted molar refractivity (Wildman–Crippen MR) is 117 cm³/mol. The largest absolute Gasteiger partial charge is 0.339 e. The van der Waals surface area contributed by atoms with Gasteiger partial charge in [0, 0.05) is 19.0 Å². The molecule has 1 unspecified atom stereocenters. The monoisotopic (exact) mass is 367 g/mol. The smallest absolute Gasteiger partial charge is 0.222 e. The average Bonchev–Trinajstić information content (AvgIpc) is 2.67. The van der Waals surface area contributed by atoms with Gasteiger partial charge in [0.25, 0.3) is 0 Å². The van der Waals surface area contributed by atoms with E-state index in [-0.39, 0.29) is 5.41 Å². The van der Waals surface area contributed by atoms with Crippen molar-refractivity contribution in [3.63, 3.8) is 0 Å². The van der Waals surface area contributed by atoms with E-state index in [2.05, 4.69) is 60.3 Å². The van der Waals surface area contributed by atoms with E-state index in [0.29, 0.717) is 17.4 Å². The number of nitrogens with zero attached hydrogens (tertiary/aromatic N) is 1. The molecule has 156 valence electrons. The highest BCUT2D eigenvalue weighted by atomic mass is 16.2. The average molecular weight is 368 g/mol. The minimum absolute atomic E-state index is 0.208. The minimum Gasteiger partial charge on any atom is -0.339 e. The second-order valence-electron chi connectivity index (χ2n) is 9.00. The van der Waals surface area contributed by atoms with Crippen molar-refractivity contribution in [2.45, 2.75) is 132 Å². The Kier molecular flexibility index (Phi) is 12.5. The maximum atomic E-state index is 13.2. The van der Waals surface area contributed by atoms with Crippen LogP contribution in [0.5, 0.6) is 0 Å². The second-order valence-corrected chi connectivity index (χ2v) is 9.00. The van der Waals surface area contributed by atoms with Crippen LogP contribution < -0.4 is 0 Å². The van der Waals surface area contributed by atoms with Crippen LogP contribution in [-0.4, -0.2) is 23.4 Å². The molecular weight excluding hydrogens is 318 g/mol. The molecule has 0 aliphatic heterocycles. The van der Waals surface area contributed by atoms with Crippen molar-refractivity contribution < 1.29 is 4.79 Å². The fourth-order valence-corrected chi connectivity index (χ4v) is 3.92. The number of amides is 1. The Morgan fingerprint density at radius 1 is 0.808 bits per heavy atom. The lowest BCUT2D eigenvalue weighted by Crippen LogP contribution is -2.51. The van der Waals surface area contributed by atoms with Crippen molar-refractivity contribution in [2.75, 3.05) is 6.54 Å². The molecule has 1 amide bonds. The highest BCUT2D eigenvalue weighted by Crippen LogP contribution is 2.42. The summed E-state index contributed by atoms with van der Waals surface area (Å²) in [7, 11) is 0. The first kappa shape index (κ1) is 25.5. The molecule has 1 atom stereocenters. The molecule has 0 saturated heterocycles. The summed E-state index contributed by atoms with van der Waals surface area (Å²) in [6.07, 6.45) is 12.2. The van der Waals surface area contributed by atoms with Gasteiger partial charge in [-0.3, -0.25) is 4.79 Å². The maximum absolute atomic E-state index is 13.2. The molecule has 26 heavy (non-hydrogen) atoms. The molecule has 0 radical (unpaired) electrons. The van der Waals surface area contributed by atoms with Crippen LogP contribution in [0.15, 0.2) is 0 Å². The Morgan fingerprint density at radius 2 is 1.35 bits per heavy atom. The zero-order chi connectivity index (χ0) is 20.2. The van der Waals surface area contributed by atoms with Crippen LogP contribution in [-0.2, 0) is 4.79 Å². The van der Waals surface area contributed by atoms with Gasteiger partial charge in [0.1, 0.15) is 0 Å². The third-order valence-corrected chi connectivity index (χ3v) is 7.26. The molecule has 0 aliphatic carbocycles. The van der Waals surface area contributed by atoms with Gasteiger partial charge >= 0.3 is 0 Å². The first-order chi connectivity index (χ1) is 12.3. The van der Waals surface area contributed by atoms with Gasteiger partial charge in [-0.05, 0) is 42.9 Å². The Bertz CT molecular complexity index is 368.